The van der Waals surface area contributed by atoms with E-state index < -0.39 is 15.8 Å². The molecule has 0 heterocycles. The van der Waals surface area contributed by atoms with Gasteiger partial charge in [0.25, 0.3) is 0 Å². The van der Waals surface area contributed by atoms with Crippen LogP contribution in [0.25, 0.3) is 0 Å². The number of amides is 1. The van der Waals surface area contributed by atoms with Crippen molar-refractivity contribution in [3.05, 3.63) is 102 Å². The summed E-state index contributed by atoms with van der Waals surface area (Å²) in [7, 11) is -1.46. The van der Waals surface area contributed by atoms with E-state index in [2.05, 4.69) is 0 Å². The van der Waals surface area contributed by atoms with E-state index in [0.717, 1.165) is 16.7 Å². The zero-order chi connectivity index (χ0) is 21.0. The molecule has 29 heavy (non-hydrogen) atoms. The van der Waals surface area contributed by atoms with Crippen molar-refractivity contribution in [3.63, 3.8) is 0 Å². The Hall–Kier alpha value is -2.92. The molecule has 3 rings (SSSR count). The number of rotatable bonds is 6. The van der Waals surface area contributed by atoms with Gasteiger partial charge in [0.15, 0.2) is 9.84 Å². The molecule has 3 aromatic carbocycles. The van der Waals surface area contributed by atoms with Crippen LogP contribution in [0.1, 0.15) is 35.6 Å². The van der Waals surface area contributed by atoms with Gasteiger partial charge in [-0.05, 0) is 35.7 Å². The second-order valence-electron chi connectivity index (χ2n) is 7.22. The van der Waals surface area contributed by atoms with E-state index in [9.17, 15) is 13.2 Å². The Morgan fingerprint density at radius 3 is 1.62 bits per heavy atom. The zero-order valence-corrected chi connectivity index (χ0v) is 17.6. The molecule has 1 atom stereocenters. The predicted molar refractivity (Wildman–Crippen MR) is 115 cm³/mol. The first-order valence-electron chi connectivity index (χ1n) is 9.45. The van der Waals surface area contributed by atoms with Crippen molar-refractivity contribution in [1.29, 1.82) is 0 Å². The zero-order valence-electron chi connectivity index (χ0n) is 16.8. The quantitative estimate of drug-likeness (QED) is 0.607. The molecule has 0 aromatic heterocycles. The van der Waals surface area contributed by atoms with Crippen LogP contribution in [-0.4, -0.2) is 32.5 Å². The van der Waals surface area contributed by atoms with Crippen LogP contribution in [-0.2, 0) is 14.6 Å². The summed E-state index contributed by atoms with van der Waals surface area (Å²) in [5.41, 5.74) is 2.76. The number of benzene rings is 3. The third kappa shape index (κ3) is 4.74. The van der Waals surface area contributed by atoms with Gasteiger partial charge < -0.3 is 4.90 Å². The standard InChI is InChI=1S/C24H25NO3S/c1-18(19-14-16-22(17-15-19)29(3,27)28)25(2)24(26)23(20-10-6-4-7-11-20)21-12-8-5-9-13-21/h4-18,23H,1-3H3. The highest BCUT2D eigenvalue weighted by atomic mass is 32.2. The first kappa shape index (κ1) is 20.8. The molecule has 0 aliphatic carbocycles. The van der Waals surface area contributed by atoms with E-state index in [1.807, 2.05) is 67.6 Å². The van der Waals surface area contributed by atoms with Crippen molar-refractivity contribution in [2.45, 2.75) is 23.8 Å². The Labute approximate surface area is 172 Å². The van der Waals surface area contributed by atoms with Crippen molar-refractivity contribution in [2.75, 3.05) is 13.3 Å². The number of hydrogen-bond acceptors (Lipinski definition) is 3. The first-order chi connectivity index (χ1) is 13.8. The normalized spacial score (nSPS) is 12.6. The minimum absolute atomic E-state index is 0.0120. The third-order valence-corrected chi connectivity index (χ3v) is 6.36. The van der Waals surface area contributed by atoms with E-state index in [-0.39, 0.29) is 16.8 Å². The summed E-state index contributed by atoms with van der Waals surface area (Å²) in [6.45, 7) is 1.94. The highest BCUT2D eigenvalue weighted by Crippen LogP contribution is 2.30. The van der Waals surface area contributed by atoms with Gasteiger partial charge in [0, 0.05) is 13.3 Å². The number of carbonyl (C=O) groups excluding carboxylic acids is 1. The predicted octanol–water partition coefficient (Wildman–Crippen LogP) is 4.44. The molecule has 0 saturated heterocycles. The van der Waals surface area contributed by atoms with Gasteiger partial charge in [-0.1, -0.05) is 72.8 Å². The molecule has 3 aromatic rings. The molecule has 0 saturated carbocycles. The maximum atomic E-state index is 13.5. The van der Waals surface area contributed by atoms with Crippen LogP contribution in [0.5, 0.6) is 0 Å². The molecule has 1 unspecified atom stereocenters. The van der Waals surface area contributed by atoms with Crippen LogP contribution < -0.4 is 0 Å². The van der Waals surface area contributed by atoms with E-state index in [1.54, 1.807) is 36.2 Å². The van der Waals surface area contributed by atoms with Gasteiger partial charge in [0.1, 0.15) is 0 Å². The number of nitrogens with zero attached hydrogens (tertiary/aromatic N) is 1. The molecule has 0 aliphatic heterocycles. The third-order valence-electron chi connectivity index (χ3n) is 5.23. The number of likely N-dealkylation sites (N-methyl/N-ethyl adjacent to an activating group) is 1. The lowest BCUT2D eigenvalue weighted by molar-refractivity contribution is -0.132. The summed E-state index contributed by atoms with van der Waals surface area (Å²) >= 11 is 0. The van der Waals surface area contributed by atoms with Gasteiger partial charge in [-0.25, -0.2) is 8.42 Å². The van der Waals surface area contributed by atoms with Crippen LogP contribution in [0.2, 0.25) is 0 Å². The largest absolute Gasteiger partial charge is 0.338 e. The summed E-state index contributed by atoms with van der Waals surface area (Å²) in [5.74, 6) is -0.415. The topological polar surface area (TPSA) is 54.5 Å². The van der Waals surface area contributed by atoms with Crippen LogP contribution in [0.4, 0.5) is 0 Å². The molecule has 0 aliphatic rings. The molecule has 0 radical (unpaired) electrons. The Morgan fingerprint density at radius 1 is 0.759 bits per heavy atom. The fraction of sp³-hybridized carbons (Fsp3) is 0.208. The van der Waals surface area contributed by atoms with Gasteiger partial charge in [-0.3, -0.25) is 4.79 Å². The van der Waals surface area contributed by atoms with Crippen LogP contribution >= 0.6 is 0 Å². The van der Waals surface area contributed by atoms with Crippen LogP contribution in [0, 0.1) is 0 Å². The molecule has 4 nitrogen and oxygen atoms in total. The summed E-state index contributed by atoms with van der Waals surface area (Å²) < 4.78 is 23.4. The highest BCUT2D eigenvalue weighted by Gasteiger charge is 2.28. The summed E-state index contributed by atoms with van der Waals surface area (Å²) in [6, 6.07) is 26.0. The molecule has 150 valence electrons. The SMILES string of the molecule is CC(c1ccc(S(C)(=O)=O)cc1)N(C)C(=O)C(c1ccccc1)c1ccccc1. The van der Waals surface area contributed by atoms with Gasteiger partial charge in [0.2, 0.25) is 5.91 Å². The van der Waals surface area contributed by atoms with Crippen LogP contribution in [0.15, 0.2) is 89.8 Å². The van der Waals surface area contributed by atoms with E-state index in [1.165, 1.54) is 6.26 Å². The average Bonchev–Trinajstić information content (AvgIpc) is 2.74. The highest BCUT2D eigenvalue weighted by molar-refractivity contribution is 7.90. The summed E-state index contributed by atoms with van der Waals surface area (Å²) in [5, 5.41) is 0. The maximum absolute atomic E-state index is 13.5. The molecule has 0 bridgehead atoms. The van der Waals surface area contributed by atoms with Gasteiger partial charge >= 0.3 is 0 Å². The Balaban J connectivity index is 1.91. The second-order valence-corrected chi connectivity index (χ2v) is 9.24. The molecule has 0 N–H and O–H groups in total. The first-order valence-corrected chi connectivity index (χ1v) is 11.3. The fourth-order valence-electron chi connectivity index (χ4n) is 3.38. The Morgan fingerprint density at radius 2 is 1.21 bits per heavy atom. The van der Waals surface area contributed by atoms with Gasteiger partial charge in [-0.15, -0.1) is 0 Å². The molecule has 0 spiro atoms. The fourth-order valence-corrected chi connectivity index (χ4v) is 4.01. The van der Waals surface area contributed by atoms with E-state index >= 15 is 0 Å². The van der Waals surface area contributed by atoms with Gasteiger partial charge in [0.05, 0.1) is 16.9 Å². The van der Waals surface area contributed by atoms with Crippen molar-refractivity contribution in [3.8, 4) is 0 Å². The smallest absolute Gasteiger partial charge is 0.234 e. The summed E-state index contributed by atoms with van der Waals surface area (Å²) in [4.78, 5) is 15.5. The molecule has 5 heteroatoms. The van der Waals surface area contributed by atoms with Crippen molar-refractivity contribution < 1.29 is 13.2 Å². The lowest BCUT2D eigenvalue weighted by Crippen LogP contribution is -2.34. The molecule has 0 fully saturated rings. The maximum Gasteiger partial charge on any atom is 0.234 e. The lowest BCUT2D eigenvalue weighted by atomic mass is 9.89. The van der Waals surface area contributed by atoms with E-state index in [0.29, 0.717) is 0 Å². The summed E-state index contributed by atoms with van der Waals surface area (Å²) in [6.07, 6.45) is 1.19. The number of carbonyl (C=O) groups is 1. The number of sulfone groups is 1. The molecule has 1 amide bonds. The van der Waals surface area contributed by atoms with Crippen molar-refractivity contribution in [2.24, 2.45) is 0 Å². The Bertz CT molecular complexity index is 1020. The van der Waals surface area contributed by atoms with Crippen molar-refractivity contribution in [1.82, 2.24) is 4.90 Å². The van der Waals surface area contributed by atoms with E-state index in [4.69, 9.17) is 0 Å². The lowest BCUT2D eigenvalue weighted by Gasteiger charge is -2.30. The minimum Gasteiger partial charge on any atom is -0.338 e. The number of hydrogen-bond donors (Lipinski definition) is 0. The minimum atomic E-state index is -3.25. The molecular formula is C24H25NO3S. The monoisotopic (exact) mass is 407 g/mol. The average molecular weight is 408 g/mol. The van der Waals surface area contributed by atoms with Crippen LogP contribution in [0.3, 0.4) is 0 Å². The molecular weight excluding hydrogens is 382 g/mol. The van der Waals surface area contributed by atoms with Gasteiger partial charge in [-0.2, -0.15) is 0 Å². The Kier molecular flexibility index (Phi) is 6.18. The van der Waals surface area contributed by atoms with Crippen molar-refractivity contribution >= 4 is 15.7 Å². The second kappa shape index (κ2) is 8.62.